The fraction of sp³-hybridized carbons (Fsp3) is 0.300. The second-order valence-corrected chi connectivity index (χ2v) is 6.54. The summed E-state index contributed by atoms with van der Waals surface area (Å²) in [5, 5.41) is 0.710. The summed E-state index contributed by atoms with van der Waals surface area (Å²) in [6, 6.07) is 12.6. The molecule has 2 aromatic rings. The lowest BCUT2D eigenvalue weighted by Crippen LogP contribution is -2.50. The van der Waals surface area contributed by atoms with E-state index in [1.807, 2.05) is 24.3 Å². The molecule has 0 N–H and O–H groups in total. The molecule has 1 heterocycles. The molecule has 142 valence electrons. The van der Waals surface area contributed by atoms with Gasteiger partial charge in [-0.05, 0) is 30.3 Å². The van der Waals surface area contributed by atoms with Crippen molar-refractivity contribution < 1.29 is 19.1 Å². The summed E-state index contributed by atoms with van der Waals surface area (Å²) >= 11 is 6.24. The normalized spacial score (nSPS) is 14.0. The lowest BCUT2D eigenvalue weighted by atomic mass is 10.2. The van der Waals surface area contributed by atoms with Crippen LogP contribution >= 0.6 is 11.6 Å². The Morgan fingerprint density at radius 3 is 2.56 bits per heavy atom. The van der Waals surface area contributed by atoms with Crippen LogP contribution in [0.3, 0.4) is 0 Å². The lowest BCUT2D eigenvalue weighted by Gasteiger charge is -2.36. The zero-order valence-corrected chi connectivity index (χ0v) is 15.8. The Morgan fingerprint density at radius 2 is 1.89 bits per heavy atom. The van der Waals surface area contributed by atoms with Crippen molar-refractivity contribution in [2.24, 2.45) is 0 Å². The molecule has 2 aromatic carbocycles. The highest BCUT2D eigenvalue weighted by Gasteiger charge is 2.22. The van der Waals surface area contributed by atoms with Crippen LogP contribution < -0.4 is 14.4 Å². The van der Waals surface area contributed by atoms with E-state index in [0.717, 1.165) is 5.69 Å². The highest BCUT2D eigenvalue weighted by atomic mass is 35.5. The molecule has 6 nitrogen and oxygen atoms in total. The minimum absolute atomic E-state index is 0.110. The van der Waals surface area contributed by atoms with Crippen molar-refractivity contribution in [3.63, 3.8) is 0 Å². The summed E-state index contributed by atoms with van der Waals surface area (Å²) in [6.45, 7) is 2.49. The van der Waals surface area contributed by atoms with E-state index in [1.165, 1.54) is 7.11 Å². The maximum Gasteiger partial charge on any atom is 0.260 e. The van der Waals surface area contributed by atoms with Gasteiger partial charge in [-0.2, -0.15) is 0 Å². The van der Waals surface area contributed by atoms with Crippen molar-refractivity contribution in [1.82, 2.24) is 4.90 Å². The second-order valence-electron chi connectivity index (χ2n) is 6.13. The average Bonchev–Trinajstić information content (AvgIpc) is 2.72. The number of amides is 1. The molecular weight excluding hydrogens is 368 g/mol. The van der Waals surface area contributed by atoms with E-state index in [4.69, 9.17) is 21.1 Å². The number of hydrogen-bond acceptors (Lipinski definition) is 5. The Bertz CT molecular complexity index is 819. The van der Waals surface area contributed by atoms with Gasteiger partial charge in [0.25, 0.3) is 5.91 Å². The molecule has 0 spiro atoms. The van der Waals surface area contributed by atoms with Crippen molar-refractivity contribution >= 4 is 29.5 Å². The molecule has 1 amide bonds. The third-order valence-electron chi connectivity index (χ3n) is 4.52. The molecule has 3 rings (SSSR count). The first-order valence-corrected chi connectivity index (χ1v) is 9.03. The first-order chi connectivity index (χ1) is 13.1. The van der Waals surface area contributed by atoms with Gasteiger partial charge < -0.3 is 19.3 Å². The van der Waals surface area contributed by atoms with Crippen LogP contribution in [0.1, 0.15) is 10.4 Å². The van der Waals surface area contributed by atoms with Crippen LogP contribution in [0.15, 0.2) is 42.5 Å². The van der Waals surface area contributed by atoms with E-state index >= 15 is 0 Å². The van der Waals surface area contributed by atoms with Crippen LogP contribution in [0.5, 0.6) is 11.5 Å². The fourth-order valence-electron chi connectivity index (χ4n) is 3.01. The van der Waals surface area contributed by atoms with Crippen molar-refractivity contribution in [1.29, 1.82) is 0 Å². The van der Waals surface area contributed by atoms with Gasteiger partial charge in [-0.3, -0.25) is 9.59 Å². The molecule has 0 aromatic heterocycles. The third kappa shape index (κ3) is 4.52. The number of ether oxygens (including phenoxy) is 2. The highest BCUT2D eigenvalue weighted by molar-refractivity contribution is 6.33. The number of carbonyl (C=O) groups is 2. The number of piperazine rings is 1. The first-order valence-electron chi connectivity index (χ1n) is 8.65. The highest BCUT2D eigenvalue weighted by Crippen LogP contribution is 2.26. The van der Waals surface area contributed by atoms with E-state index in [-0.39, 0.29) is 12.5 Å². The van der Waals surface area contributed by atoms with Crippen LogP contribution in [-0.2, 0) is 4.79 Å². The molecule has 0 saturated carbocycles. The van der Waals surface area contributed by atoms with Gasteiger partial charge in [0.2, 0.25) is 0 Å². The molecule has 27 heavy (non-hydrogen) atoms. The van der Waals surface area contributed by atoms with Crippen molar-refractivity contribution in [3.8, 4) is 11.5 Å². The largest absolute Gasteiger partial charge is 0.497 e. The fourth-order valence-corrected chi connectivity index (χ4v) is 3.27. The zero-order chi connectivity index (χ0) is 19.2. The number of rotatable bonds is 6. The molecule has 0 aliphatic carbocycles. The molecule has 0 bridgehead atoms. The van der Waals surface area contributed by atoms with E-state index in [9.17, 15) is 9.59 Å². The Morgan fingerprint density at radius 1 is 1.15 bits per heavy atom. The standard InChI is InChI=1S/C20H21ClN2O4/c1-26-16-6-7-19(15(12-16)13-24)27-14-20(25)23-10-8-22(9-11-23)18-5-3-2-4-17(18)21/h2-7,12-13H,8-11,14H2,1H3. The van der Waals surface area contributed by atoms with E-state index in [0.29, 0.717) is 54.6 Å². The summed E-state index contributed by atoms with van der Waals surface area (Å²) in [4.78, 5) is 27.6. The Labute approximate surface area is 163 Å². The quantitative estimate of drug-likeness (QED) is 0.712. The van der Waals surface area contributed by atoms with Crippen molar-refractivity contribution in [2.45, 2.75) is 0 Å². The number of anilines is 1. The van der Waals surface area contributed by atoms with Crippen molar-refractivity contribution in [2.75, 3.05) is 44.8 Å². The van der Waals surface area contributed by atoms with E-state index in [2.05, 4.69) is 4.90 Å². The number of nitrogens with zero attached hydrogens (tertiary/aromatic N) is 2. The summed E-state index contributed by atoms with van der Waals surface area (Å²) < 4.78 is 10.6. The van der Waals surface area contributed by atoms with Gasteiger partial charge >= 0.3 is 0 Å². The molecule has 1 aliphatic rings. The van der Waals surface area contributed by atoms with Gasteiger partial charge in [0.05, 0.1) is 23.4 Å². The Kier molecular flexibility index (Phi) is 6.19. The lowest BCUT2D eigenvalue weighted by molar-refractivity contribution is -0.133. The minimum atomic E-state index is -0.112. The second kappa shape index (κ2) is 8.77. The summed E-state index contributed by atoms with van der Waals surface area (Å²) in [5.74, 6) is 0.821. The molecule has 0 atom stereocenters. The maximum atomic E-state index is 12.4. The van der Waals surface area contributed by atoms with Crippen LogP contribution in [-0.4, -0.2) is 57.0 Å². The van der Waals surface area contributed by atoms with Crippen LogP contribution in [0, 0.1) is 0 Å². The molecule has 1 aliphatic heterocycles. The van der Waals surface area contributed by atoms with Gasteiger partial charge in [0.15, 0.2) is 12.9 Å². The van der Waals surface area contributed by atoms with Crippen LogP contribution in [0.4, 0.5) is 5.69 Å². The van der Waals surface area contributed by atoms with Crippen LogP contribution in [0.2, 0.25) is 5.02 Å². The molecular formula is C20H21ClN2O4. The van der Waals surface area contributed by atoms with Gasteiger partial charge in [0.1, 0.15) is 11.5 Å². The van der Waals surface area contributed by atoms with Crippen LogP contribution in [0.25, 0.3) is 0 Å². The molecule has 1 saturated heterocycles. The summed E-state index contributed by atoms with van der Waals surface area (Å²) in [5.41, 5.74) is 1.34. The number of benzene rings is 2. The number of methoxy groups -OCH3 is 1. The maximum absolute atomic E-state index is 12.4. The Hall–Kier alpha value is -2.73. The van der Waals surface area contributed by atoms with Crippen molar-refractivity contribution in [3.05, 3.63) is 53.1 Å². The Balaban J connectivity index is 1.54. The van der Waals surface area contributed by atoms with Gasteiger partial charge in [-0.25, -0.2) is 0 Å². The number of halogens is 1. The third-order valence-corrected chi connectivity index (χ3v) is 4.84. The zero-order valence-electron chi connectivity index (χ0n) is 15.1. The van der Waals surface area contributed by atoms with E-state index in [1.54, 1.807) is 23.1 Å². The summed E-state index contributed by atoms with van der Waals surface area (Å²) in [7, 11) is 1.52. The number of para-hydroxylation sites is 1. The SMILES string of the molecule is COc1ccc(OCC(=O)N2CCN(c3ccccc3Cl)CC2)c(C=O)c1. The molecule has 0 radical (unpaired) electrons. The number of carbonyl (C=O) groups excluding carboxylic acids is 2. The first kappa shape index (κ1) is 19.0. The monoisotopic (exact) mass is 388 g/mol. The predicted molar refractivity (Wildman–Crippen MR) is 104 cm³/mol. The number of hydrogen-bond donors (Lipinski definition) is 0. The number of aldehydes is 1. The van der Waals surface area contributed by atoms with Gasteiger partial charge in [-0.1, -0.05) is 23.7 Å². The summed E-state index contributed by atoms with van der Waals surface area (Å²) in [6.07, 6.45) is 0.685. The topological polar surface area (TPSA) is 59.1 Å². The smallest absolute Gasteiger partial charge is 0.260 e. The molecule has 0 unspecified atom stereocenters. The van der Waals surface area contributed by atoms with E-state index < -0.39 is 0 Å². The average molecular weight is 389 g/mol. The minimum Gasteiger partial charge on any atom is -0.497 e. The predicted octanol–water partition coefficient (Wildman–Crippen LogP) is 2.89. The molecule has 7 heteroatoms. The molecule has 1 fully saturated rings. The van der Waals surface area contributed by atoms with Gasteiger partial charge in [-0.15, -0.1) is 0 Å². The van der Waals surface area contributed by atoms with Gasteiger partial charge in [0, 0.05) is 26.2 Å².